The zero-order valence-corrected chi connectivity index (χ0v) is 17.0. The molecule has 0 aliphatic carbocycles. The van der Waals surface area contributed by atoms with Crippen molar-refractivity contribution in [3.05, 3.63) is 64.6 Å². The molecule has 1 amide bonds. The van der Waals surface area contributed by atoms with E-state index in [1.165, 1.54) is 0 Å². The van der Waals surface area contributed by atoms with E-state index in [0.717, 1.165) is 21.5 Å². The van der Waals surface area contributed by atoms with Gasteiger partial charge in [0.25, 0.3) is 5.91 Å². The number of H-pyrrole nitrogens is 1. The highest BCUT2D eigenvalue weighted by atomic mass is 32.1. The maximum Gasteiger partial charge on any atom is 0.255 e. The Bertz CT molecular complexity index is 1300. The van der Waals surface area contributed by atoms with Gasteiger partial charge in [-0.3, -0.25) is 9.89 Å². The number of aromatic nitrogens is 3. The number of aromatic amines is 1. The fourth-order valence-electron chi connectivity index (χ4n) is 3.51. The highest BCUT2D eigenvalue weighted by molar-refractivity contribution is 7.09. The van der Waals surface area contributed by atoms with Crippen molar-refractivity contribution >= 4 is 39.1 Å². The number of hydrogen-bond donors (Lipinski definition) is 2. The summed E-state index contributed by atoms with van der Waals surface area (Å²) in [4.78, 5) is 17.1. The molecule has 0 aliphatic heterocycles. The van der Waals surface area contributed by atoms with Gasteiger partial charge in [-0.1, -0.05) is 18.2 Å². The Labute approximate surface area is 175 Å². The molecule has 150 valence electrons. The zero-order valence-electron chi connectivity index (χ0n) is 16.1. The smallest absolute Gasteiger partial charge is 0.255 e. The molecule has 3 aromatic heterocycles. The molecule has 8 heteroatoms. The number of nitrogens with zero attached hydrogens (tertiary/aromatic N) is 2. The number of hydrogen-bond acceptors (Lipinski definition) is 6. The fraction of sp³-hybridized carbons (Fsp3) is 0.136. The van der Waals surface area contributed by atoms with Crippen molar-refractivity contribution in [2.45, 2.75) is 6.42 Å². The lowest BCUT2D eigenvalue weighted by molar-refractivity contribution is 0.0951. The lowest BCUT2D eigenvalue weighted by atomic mass is 10.1. The van der Waals surface area contributed by atoms with Crippen molar-refractivity contribution in [1.29, 1.82) is 0 Å². The van der Waals surface area contributed by atoms with Crippen LogP contribution in [-0.4, -0.2) is 34.7 Å². The van der Waals surface area contributed by atoms with Crippen molar-refractivity contribution in [1.82, 2.24) is 20.5 Å². The van der Waals surface area contributed by atoms with Crippen molar-refractivity contribution in [3.63, 3.8) is 0 Å². The largest absolute Gasteiger partial charge is 0.495 e. The van der Waals surface area contributed by atoms with E-state index in [0.29, 0.717) is 41.1 Å². The molecule has 30 heavy (non-hydrogen) atoms. The second-order valence-electron chi connectivity index (χ2n) is 6.72. The van der Waals surface area contributed by atoms with E-state index in [1.807, 2.05) is 41.8 Å². The molecule has 2 N–H and O–H groups in total. The van der Waals surface area contributed by atoms with Gasteiger partial charge in [-0.2, -0.15) is 5.10 Å². The standard InChI is InChI=1S/C22H18N4O3S/c1-28-21-14(22(27)24-9-8-18-23-10-11-30-18)6-7-15-19(21)20(26-25-15)17-12-13-4-2-3-5-16(13)29-17/h2-7,10-12H,8-9H2,1H3,(H,24,27)(H,25,26). The summed E-state index contributed by atoms with van der Waals surface area (Å²) in [6.45, 7) is 0.495. The van der Waals surface area contributed by atoms with E-state index in [9.17, 15) is 4.79 Å². The fourth-order valence-corrected chi connectivity index (χ4v) is 4.13. The number of rotatable bonds is 6. The molecule has 5 rings (SSSR count). The third-order valence-corrected chi connectivity index (χ3v) is 5.74. The van der Waals surface area contributed by atoms with E-state index in [2.05, 4.69) is 20.5 Å². The van der Waals surface area contributed by atoms with Crippen LogP contribution in [0, 0.1) is 0 Å². The summed E-state index contributed by atoms with van der Waals surface area (Å²) in [5, 5.41) is 15.0. The van der Waals surface area contributed by atoms with Gasteiger partial charge < -0.3 is 14.5 Å². The summed E-state index contributed by atoms with van der Waals surface area (Å²) in [6, 6.07) is 13.3. The number of thiazole rings is 1. The molecule has 0 radical (unpaired) electrons. The molecule has 0 aliphatic rings. The number of carbonyl (C=O) groups excluding carboxylic acids is 1. The molecule has 2 aromatic carbocycles. The summed E-state index contributed by atoms with van der Waals surface area (Å²) in [5.74, 6) is 0.868. The number of ether oxygens (including phenoxy) is 1. The Hall–Kier alpha value is -3.65. The molecular weight excluding hydrogens is 400 g/mol. The summed E-state index contributed by atoms with van der Waals surface area (Å²) >= 11 is 1.57. The highest BCUT2D eigenvalue weighted by Crippen LogP contribution is 2.38. The first-order valence-electron chi connectivity index (χ1n) is 9.45. The van der Waals surface area contributed by atoms with Crippen LogP contribution < -0.4 is 10.1 Å². The molecule has 7 nitrogen and oxygen atoms in total. The van der Waals surface area contributed by atoms with Crippen LogP contribution in [0.25, 0.3) is 33.3 Å². The van der Waals surface area contributed by atoms with Gasteiger partial charge in [-0.25, -0.2) is 4.98 Å². The second-order valence-corrected chi connectivity index (χ2v) is 7.70. The number of furan rings is 1. The van der Waals surface area contributed by atoms with E-state index < -0.39 is 0 Å². The molecule has 5 aromatic rings. The van der Waals surface area contributed by atoms with E-state index in [-0.39, 0.29) is 5.91 Å². The number of amides is 1. The van der Waals surface area contributed by atoms with E-state index in [4.69, 9.17) is 9.15 Å². The van der Waals surface area contributed by atoms with Gasteiger partial charge in [0.2, 0.25) is 0 Å². The van der Waals surface area contributed by atoms with Gasteiger partial charge in [0.15, 0.2) is 5.76 Å². The normalized spacial score (nSPS) is 11.2. The lowest BCUT2D eigenvalue weighted by Crippen LogP contribution is -2.26. The maximum atomic E-state index is 12.8. The average molecular weight is 418 g/mol. The minimum Gasteiger partial charge on any atom is -0.495 e. The number of methoxy groups -OCH3 is 1. The predicted molar refractivity (Wildman–Crippen MR) is 116 cm³/mol. The molecule has 0 saturated carbocycles. The van der Waals surface area contributed by atoms with Gasteiger partial charge in [0, 0.05) is 29.9 Å². The predicted octanol–water partition coefficient (Wildman–Crippen LogP) is 4.41. The van der Waals surface area contributed by atoms with Crippen molar-refractivity contribution in [2.24, 2.45) is 0 Å². The van der Waals surface area contributed by atoms with E-state index >= 15 is 0 Å². The van der Waals surface area contributed by atoms with Gasteiger partial charge >= 0.3 is 0 Å². The molecule has 3 heterocycles. The van der Waals surface area contributed by atoms with Gasteiger partial charge in [0.1, 0.15) is 17.0 Å². The first kappa shape index (κ1) is 18.4. The molecule has 0 fully saturated rings. The van der Waals surface area contributed by atoms with Crippen LogP contribution in [0.4, 0.5) is 0 Å². The van der Waals surface area contributed by atoms with Crippen LogP contribution in [0.3, 0.4) is 0 Å². The Morgan fingerprint density at radius 3 is 2.97 bits per heavy atom. The summed E-state index contributed by atoms with van der Waals surface area (Å²) in [7, 11) is 1.55. The zero-order chi connectivity index (χ0) is 20.5. The molecule has 0 saturated heterocycles. The van der Waals surface area contributed by atoms with Gasteiger partial charge in [-0.05, 0) is 24.3 Å². The molecule has 0 unspecified atom stereocenters. The van der Waals surface area contributed by atoms with Crippen LogP contribution in [0.5, 0.6) is 5.75 Å². The summed E-state index contributed by atoms with van der Waals surface area (Å²) in [5.41, 5.74) is 2.60. The Morgan fingerprint density at radius 2 is 2.17 bits per heavy atom. The lowest BCUT2D eigenvalue weighted by Gasteiger charge is -2.10. The second kappa shape index (κ2) is 7.64. The van der Waals surface area contributed by atoms with Crippen LogP contribution >= 0.6 is 11.3 Å². The van der Waals surface area contributed by atoms with Gasteiger partial charge in [-0.15, -0.1) is 11.3 Å². The van der Waals surface area contributed by atoms with Crippen LogP contribution in [0.1, 0.15) is 15.4 Å². The van der Waals surface area contributed by atoms with E-state index in [1.54, 1.807) is 30.7 Å². The minimum absolute atomic E-state index is 0.206. The number of para-hydroxylation sites is 1. The van der Waals surface area contributed by atoms with Gasteiger partial charge in [0.05, 0.1) is 28.6 Å². The highest BCUT2D eigenvalue weighted by Gasteiger charge is 2.22. The van der Waals surface area contributed by atoms with Crippen LogP contribution in [-0.2, 0) is 6.42 Å². The molecule has 0 atom stereocenters. The first-order valence-corrected chi connectivity index (χ1v) is 10.3. The quantitative estimate of drug-likeness (QED) is 0.426. The molecular formula is C22H18N4O3S. The molecule has 0 bridgehead atoms. The number of carbonyl (C=O) groups is 1. The third-order valence-electron chi connectivity index (χ3n) is 4.90. The number of nitrogens with one attached hydrogen (secondary N) is 2. The number of benzene rings is 2. The molecule has 0 spiro atoms. The van der Waals surface area contributed by atoms with Crippen molar-refractivity contribution in [2.75, 3.05) is 13.7 Å². The first-order chi connectivity index (χ1) is 14.7. The number of fused-ring (bicyclic) bond motifs is 2. The Balaban J connectivity index is 1.50. The minimum atomic E-state index is -0.206. The van der Waals surface area contributed by atoms with Crippen molar-refractivity contribution in [3.8, 4) is 17.2 Å². The Morgan fingerprint density at radius 1 is 1.27 bits per heavy atom. The Kier molecular flexibility index (Phi) is 4.68. The SMILES string of the molecule is COc1c(C(=O)NCCc2nccs2)ccc2[nH]nc(-c3cc4ccccc4o3)c12. The summed E-state index contributed by atoms with van der Waals surface area (Å²) in [6.07, 6.45) is 2.45. The van der Waals surface area contributed by atoms with Crippen LogP contribution in [0.15, 0.2) is 58.5 Å². The summed E-state index contributed by atoms with van der Waals surface area (Å²) < 4.78 is 11.6. The van der Waals surface area contributed by atoms with Crippen molar-refractivity contribution < 1.29 is 13.9 Å². The maximum absolute atomic E-state index is 12.8. The monoisotopic (exact) mass is 418 g/mol. The third kappa shape index (κ3) is 3.21. The topological polar surface area (TPSA) is 93.0 Å². The average Bonchev–Trinajstić information content (AvgIpc) is 3.51. The van der Waals surface area contributed by atoms with Crippen LogP contribution in [0.2, 0.25) is 0 Å².